The Bertz CT molecular complexity index is 1410. The molecule has 5 nitrogen and oxygen atoms in total. The van der Waals surface area contributed by atoms with Gasteiger partial charge in [-0.2, -0.15) is 0 Å². The summed E-state index contributed by atoms with van der Waals surface area (Å²) in [6, 6.07) is 31.8. The van der Waals surface area contributed by atoms with Crippen LogP contribution in [0.15, 0.2) is 91.0 Å². The number of hydrogen-bond acceptors (Lipinski definition) is 5. The molecule has 1 heterocycles. The first kappa shape index (κ1) is 40.4. The summed E-state index contributed by atoms with van der Waals surface area (Å²) in [5.74, 6) is 0.122. The molecule has 0 aromatic heterocycles. The monoisotopic (exact) mass is 716 g/mol. The van der Waals surface area contributed by atoms with Gasteiger partial charge in [0.2, 0.25) is 0 Å². The van der Waals surface area contributed by atoms with Crippen molar-refractivity contribution in [3.05, 3.63) is 96.6 Å². The van der Waals surface area contributed by atoms with Crippen LogP contribution in [0.5, 0.6) is 0 Å². The van der Waals surface area contributed by atoms with E-state index in [9.17, 15) is 4.79 Å². The molecule has 1 fully saturated rings. The lowest BCUT2D eigenvalue weighted by atomic mass is 9.77. The Morgan fingerprint density at radius 1 is 0.780 bits per heavy atom. The van der Waals surface area contributed by atoms with Gasteiger partial charge in [0.15, 0.2) is 8.32 Å². The second-order valence-corrected chi connectivity index (χ2v) is 26.2. The molecule has 3 aromatic carbocycles. The molecule has 0 bridgehead atoms. The third-order valence-electron chi connectivity index (χ3n) is 11.5. The van der Waals surface area contributed by atoms with E-state index in [-0.39, 0.29) is 46.1 Å². The Hall–Kier alpha value is -2.40. The molecule has 0 radical (unpaired) electrons. The number of aldehydes is 1. The number of rotatable bonds is 15. The molecule has 0 spiro atoms. The largest absolute Gasteiger partial charge is 0.411 e. The van der Waals surface area contributed by atoms with E-state index in [4.69, 9.17) is 18.3 Å². The minimum Gasteiger partial charge on any atom is -0.411 e. The summed E-state index contributed by atoms with van der Waals surface area (Å²) in [6.07, 6.45) is 1.73. The highest BCUT2D eigenvalue weighted by atomic mass is 28.4. The molecule has 0 amide bonds. The average Bonchev–Trinajstić information content (AvgIpc) is 3.08. The van der Waals surface area contributed by atoms with Crippen molar-refractivity contribution in [1.82, 2.24) is 0 Å². The van der Waals surface area contributed by atoms with Crippen molar-refractivity contribution in [3.63, 3.8) is 0 Å². The van der Waals surface area contributed by atoms with Crippen molar-refractivity contribution in [3.8, 4) is 0 Å². The Kier molecular flexibility index (Phi) is 13.7. The van der Waals surface area contributed by atoms with Crippen LogP contribution >= 0.6 is 0 Å². The number of benzene rings is 3. The first-order chi connectivity index (χ1) is 23.5. The van der Waals surface area contributed by atoms with Crippen LogP contribution < -0.4 is 10.4 Å². The van der Waals surface area contributed by atoms with Gasteiger partial charge >= 0.3 is 0 Å². The zero-order valence-corrected chi connectivity index (χ0v) is 34.6. The Morgan fingerprint density at radius 2 is 1.30 bits per heavy atom. The quantitative estimate of drug-likeness (QED) is 0.0892. The lowest BCUT2D eigenvalue weighted by molar-refractivity contribution is -0.216. The zero-order valence-electron chi connectivity index (χ0n) is 32.6. The summed E-state index contributed by atoms with van der Waals surface area (Å²) >= 11 is 0. The fraction of sp³-hybridized carbons (Fsp3) is 0.558. The smallest absolute Gasteiger partial charge is 0.261 e. The number of carbonyl (C=O) groups excluding carboxylic acids is 1. The van der Waals surface area contributed by atoms with Gasteiger partial charge in [-0.05, 0) is 63.8 Å². The van der Waals surface area contributed by atoms with Gasteiger partial charge in [-0.1, -0.05) is 153 Å². The lowest BCUT2D eigenvalue weighted by Crippen LogP contribution is -2.66. The maximum absolute atomic E-state index is 12.4. The predicted octanol–water partition coefficient (Wildman–Crippen LogP) is 9.19. The maximum atomic E-state index is 12.4. The second-order valence-electron chi connectivity index (χ2n) is 17.1. The van der Waals surface area contributed by atoms with Crippen LogP contribution in [0.25, 0.3) is 0 Å². The van der Waals surface area contributed by atoms with Crippen LogP contribution in [0.2, 0.25) is 23.2 Å². The molecule has 0 N–H and O–H groups in total. The number of ether oxygens (including phenoxy) is 2. The molecule has 0 aliphatic carbocycles. The first-order valence-corrected chi connectivity index (χ1v) is 23.5. The van der Waals surface area contributed by atoms with Gasteiger partial charge in [-0.25, -0.2) is 0 Å². The molecule has 3 aromatic rings. The Balaban J connectivity index is 1.60. The summed E-state index contributed by atoms with van der Waals surface area (Å²) < 4.78 is 28.3. The third-order valence-corrected chi connectivity index (χ3v) is 21.1. The zero-order chi connectivity index (χ0) is 36.7. The predicted molar refractivity (Wildman–Crippen MR) is 212 cm³/mol. The van der Waals surface area contributed by atoms with Gasteiger partial charge in [-0.3, -0.25) is 0 Å². The second kappa shape index (κ2) is 17.0. The van der Waals surface area contributed by atoms with Crippen molar-refractivity contribution in [2.75, 3.05) is 6.61 Å². The molecule has 7 heteroatoms. The van der Waals surface area contributed by atoms with Crippen LogP contribution in [0.1, 0.15) is 80.7 Å². The molecule has 0 saturated carbocycles. The highest BCUT2D eigenvalue weighted by molar-refractivity contribution is 6.99. The number of carbonyl (C=O) groups is 1. The summed E-state index contributed by atoms with van der Waals surface area (Å²) in [7, 11) is -4.81. The fourth-order valence-electron chi connectivity index (χ4n) is 7.29. The topological polar surface area (TPSA) is 54.0 Å². The van der Waals surface area contributed by atoms with Gasteiger partial charge in [0.1, 0.15) is 12.4 Å². The van der Waals surface area contributed by atoms with Gasteiger partial charge in [-0.15, -0.1) is 0 Å². The fourth-order valence-corrected chi connectivity index (χ4v) is 13.3. The minimum atomic E-state index is -2.63. The summed E-state index contributed by atoms with van der Waals surface area (Å²) in [5.41, 5.74) is 1.08. The molecule has 7 atom stereocenters. The standard InChI is InChI=1S/C43H64O5Si2/c1-32(30-44)39(45-31-35-22-15-12-16-23-35)41-40(48-49(10,11)42(4,5)6)34(3)33(2)38(47-41)28-21-29-46-50(43(7,8)9,36-24-17-13-18-25-36)37-26-19-14-20-27-37/h12-20,22-27,30,32-34,38-41H,21,28-29,31H2,1-11H3/t32-,33+,34+,38-,39+,40-,41+/m1/s1. The molecule has 0 unspecified atom stereocenters. The Morgan fingerprint density at radius 3 is 1.78 bits per heavy atom. The van der Waals surface area contributed by atoms with Gasteiger partial charge < -0.3 is 23.1 Å². The van der Waals surface area contributed by atoms with Gasteiger partial charge in [0, 0.05) is 12.5 Å². The maximum Gasteiger partial charge on any atom is 0.261 e. The Labute approximate surface area is 305 Å². The normalized spacial score (nSPS) is 23.3. The van der Waals surface area contributed by atoms with Crippen LogP contribution in [0, 0.1) is 17.8 Å². The summed E-state index contributed by atoms with van der Waals surface area (Å²) in [4.78, 5) is 12.4. The first-order valence-electron chi connectivity index (χ1n) is 18.7. The molecular formula is C43H64O5Si2. The molecule has 274 valence electrons. The van der Waals surface area contributed by atoms with Crippen molar-refractivity contribution >= 4 is 33.3 Å². The van der Waals surface area contributed by atoms with E-state index in [0.29, 0.717) is 13.2 Å². The van der Waals surface area contributed by atoms with E-state index in [0.717, 1.165) is 24.7 Å². The van der Waals surface area contributed by atoms with E-state index in [2.05, 4.69) is 141 Å². The number of hydrogen-bond donors (Lipinski definition) is 0. The molecular weight excluding hydrogens is 653 g/mol. The van der Waals surface area contributed by atoms with E-state index in [1.54, 1.807) is 0 Å². The van der Waals surface area contributed by atoms with E-state index in [1.807, 2.05) is 25.1 Å². The van der Waals surface area contributed by atoms with E-state index in [1.165, 1.54) is 10.4 Å². The third kappa shape index (κ3) is 9.15. The van der Waals surface area contributed by atoms with Crippen LogP contribution in [-0.2, 0) is 29.7 Å². The molecule has 1 aliphatic rings. The van der Waals surface area contributed by atoms with E-state index < -0.39 is 22.7 Å². The lowest BCUT2D eigenvalue weighted by Gasteiger charge is -2.51. The van der Waals surface area contributed by atoms with Gasteiger partial charge in [0.25, 0.3) is 8.32 Å². The SMILES string of the molecule is C[C@H]1[C@H](C)[C@@H](CCCO[Si](c2ccccc2)(c2ccccc2)C(C)(C)C)O[C@@H]([C@@H](OCc2ccccc2)[C@H](C)C=O)[C@@H]1O[Si](C)(C)C(C)(C)C. The highest BCUT2D eigenvalue weighted by Gasteiger charge is 2.52. The summed E-state index contributed by atoms with van der Waals surface area (Å²) in [6.45, 7) is 26.0. The van der Waals surface area contributed by atoms with Crippen LogP contribution in [-0.4, -0.2) is 53.9 Å². The molecule has 50 heavy (non-hydrogen) atoms. The molecule has 4 rings (SSSR count). The van der Waals surface area contributed by atoms with Crippen molar-refractivity contribution < 1.29 is 23.1 Å². The van der Waals surface area contributed by atoms with Gasteiger partial charge in [0.05, 0.1) is 24.9 Å². The molecule has 1 aliphatic heterocycles. The van der Waals surface area contributed by atoms with Crippen molar-refractivity contribution in [2.24, 2.45) is 17.8 Å². The molecule has 1 saturated heterocycles. The van der Waals surface area contributed by atoms with Crippen molar-refractivity contribution in [1.29, 1.82) is 0 Å². The summed E-state index contributed by atoms with van der Waals surface area (Å²) in [5, 5.41) is 2.54. The average molecular weight is 717 g/mol. The van der Waals surface area contributed by atoms with E-state index >= 15 is 0 Å². The van der Waals surface area contributed by atoms with Crippen LogP contribution in [0.4, 0.5) is 0 Å². The minimum absolute atomic E-state index is 0.0151. The highest BCUT2D eigenvalue weighted by Crippen LogP contribution is 2.44. The van der Waals surface area contributed by atoms with Crippen LogP contribution in [0.3, 0.4) is 0 Å². The van der Waals surface area contributed by atoms with Crippen molar-refractivity contribution in [2.45, 2.75) is 129 Å².